The van der Waals surface area contributed by atoms with Crippen LogP contribution in [0, 0.1) is 5.92 Å². The van der Waals surface area contributed by atoms with Crippen molar-refractivity contribution in [1.29, 1.82) is 0 Å². The number of H-pyrrole nitrogens is 1. The highest BCUT2D eigenvalue weighted by Crippen LogP contribution is 2.40. The maximum absolute atomic E-state index is 12.3. The average molecular weight is 266 g/mol. The van der Waals surface area contributed by atoms with E-state index < -0.39 is 5.60 Å². The molecule has 3 N–H and O–H groups in total. The summed E-state index contributed by atoms with van der Waals surface area (Å²) in [4.78, 5) is 14.0. The van der Waals surface area contributed by atoms with Gasteiger partial charge in [0.15, 0.2) is 5.82 Å². The third-order valence-electron chi connectivity index (χ3n) is 3.15. The first-order valence-corrected chi connectivity index (χ1v) is 6.53. The van der Waals surface area contributed by atoms with Crippen molar-refractivity contribution in [2.75, 3.05) is 5.73 Å². The molecule has 106 valence electrons. The molecule has 2 heterocycles. The van der Waals surface area contributed by atoms with Crippen LogP contribution in [-0.4, -0.2) is 26.8 Å². The number of nitrogens with zero attached hydrogens (tertiary/aromatic N) is 2. The summed E-state index contributed by atoms with van der Waals surface area (Å²) in [5, 5.41) is 6.95. The molecule has 1 amide bonds. The van der Waals surface area contributed by atoms with Crippen LogP contribution in [0.1, 0.15) is 51.9 Å². The zero-order valence-corrected chi connectivity index (χ0v) is 12.2. The van der Waals surface area contributed by atoms with Gasteiger partial charge in [-0.15, -0.1) is 0 Å². The molecule has 1 aromatic heterocycles. The second kappa shape index (κ2) is 4.43. The quantitative estimate of drug-likeness (QED) is 0.817. The molecule has 6 nitrogen and oxygen atoms in total. The topological polar surface area (TPSA) is 84.2 Å². The normalized spacial score (nSPS) is 18.8. The van der Waals surface area contributed by atoms with Crippen LogP contribution in [0.15, 0.2) is 0 Å². The fraction of sp³-hybridized carbons (Fsp3) is 0.692. The van der Waals surface area contributed by atoms with Crippen molar-refractivity contribution >= 4 is 11.9 Å². The molecule has 0 aliphatic carbocycles. The smallest absolute Gasteiger partial charge is 0.411 e. The van der Waals surface area contributed by atoms with Gasteiger partial charge in [-0.05, 0) is 26.7 Å². The Bertz CT molecular complexity index is 487. The highest BCUT2D eigenvalue weighted by Gasteiger charge is 2.40. The maximum atomic E-state index is 12.3. The molecule has 0 bridgehead atoms. The fourth-order valence-corrected chi connectivity index (χ4v) is 2.42. The van der Waals surface area contributed by atoms with Gasteiger partial charge in [0.1, 0.15) is 5.60 Å². The fourth-order valence-electron chi connectivity index (χ4n) is 2.42. The van der Waals surface area contributed by atoms with E-state index in [0.29, 0.717) is 12.4 Å². The summed E-state index contributed by atoms with van der Waals surface area (Å²) >= 11 is 0. The van der Waals surface area contributed by atoms with Crippen LogP contribution < -0.4 is 5.73 Å². The summed E-state index contributed by atoms with van der Waals surface area (Å²) in [6, 6.07) is -0.0605. The van der Waals surface area contributed by atoms with Crippen LogP contribution >= 0.6 is 0 Å². The van der Waals surface area contributed by atoms with Crippen molar-refractivity contribution in [3.05, 3.63) is 11.3 Å². The van der Waals surface area contributed by atoms with Crippen molar-refractivity contribution in [2.24, 2.45) is 5.92 Å². The second-order valence-electron chi connectivity index (χ2n) is 6.30. The van der Waals surface area contributed by atoms with Gasteiger partial charge >= 0.3 is 6.09 Å². The molecule has 1 aromatic rings. The highest BCUT2D eigenvalue weighted by atomic mass is 16.6. The molecule has 0 unspecified atom stereocenters. The third kappa shape index (κ3) is 2.52. The Labute approximate surface area is 113 Å². The van der Waals surface area contributed by atoms with Crippen molar-refractivity contribution in [2.45, 2.75) is 52.8 Å². The zero-order valence-electron chi connectivity index (χ0n) is 12.2. The van der Waals surface area contributed by atoms with E-state index in [-0.39, 0.29) is 18.1 Å². The largest absolute Gasteiger partial charge is 0.444 e. The van der Waals surface area contributed by atoms with Crippen LogP contribution in [0.25, 0.3) is 0 Å². The minimum Gasteiger partial charge on any atom is -0.444 e. The number of nitrogens with one attached hydrogen (secondary N) is 1. The lowest BCUT2D eigenvalue weighted by molar-refractivity contribution is 0.0122. The molecule has 6 heteroatoms. The van der Waals surface area contributed by atoms with Crippen molar-refractivity contribution in [3.8, 4) is 0 Å². The maximum Gasteiger partial charge on any atom is 0.411 e. The predicted molar refractivity (Wildman–Crippen MR) is 72.4 cm³/mol. The van der Waals surface area contributed by atoms with Gasteiger partial charge in [0.25, 0.3) is 0 Å². The molecule has 0 aromatic carbocycles. The number of rotatable bonds is 1. The molecule has 1 atom stereocenters. The molecule has 1 aliphatic rings. The molecular weight excluding hydrogens is 244 g/mol. The van der Waals surface area contributed by atoms with Crippen molar-refractivity contribution < 1.29 is 9.53 Å². The van der Waals surface area contributed by atoms with Gasteiger partial charge in [-0.25, -0.2) is 4.79 Å². The number of carbonyl (C=O) groups excluding carboxylic acids is 1. The Morgan fingerprint density at radius 1 is 1.53 bits per heavy atom. The number of hydrogen-bond acceptors (Lipinski definition) is 4. The summed E-state index contributed by atoms with van der Waals surface area (Å²) in [6.07, 6.45) is -0.310. The van der Waals surface area contributed by atoms with E-state index in [1.807, 2.05) is 20.8 Å². The SMILES string of the molecule is CC(C)[C@@H]1c2[nH]nc(N)c2CN1C(=O)OC(C)(C)C. The number of hydrogen-bond donors (Lipinski definition) is 2. The zero-order chi connectivity index (χ0) is 14.4. The Balaban J connectivity index is 2.26. The van der Waals surface area contributed by atoms with E-state index in [0.717, 1.165) is 11.3 Å². The third-order valence-corrected chi connectivity index (χ3v) is 3.15. The Morgan fingerprint density at radius 3 is 2.68 bits per heavy atom. The number of anilines is 1. The lowest BCUT2D eigenvalue weighted by Crippen LogP contribution is -2.37. The standard InChI is InChI=1S/C13H22N4O2/c1-7(2)10-9-8(11(14)16-15-9)6-17(10)12(18)19-13(3,4)5/h7,10H,6H2,1-5H3,(H3,14,15,16)/t10-/m1/s1. The van der Waals surface area contributed by atoms with Gasteiger partial charge in [0.05, 0.1) is 18.3 Å². The minimum absolute atomic E-state index is 0.0605. The number of aromatic amines is 1. The van der Waals surface area contributed by atoms with E-state index in [1.165, 1.54) is 0 Å². The van der Waals surface area contributed by atoms with Crippen LogP contribution in [0.5, 0.6) is 0 Å². The van der Waals surface area contributed by atoms with E-state index in [9.17, 15) is 4.79 Å². The van der Waals surface area contributed by atoms with E-state index >= 15 is 0 Å². The monoisotopic (exact) mass is 266 g/mol. The molecule has 0 radical (unpaired) electrons. The molecule has 1 aliphatic heterocycles. The first kappa shape index (κ1) is 13.7. The first-order chi connectivity index (χ1) is 8.70. The second-order valence-corrected chi connectivity index (χ2v) is 6.30. The number of nitrogens with two attached hydrogens (primary N) is 1. The number of ether oxygens (including phenoxy) is 1. The number of aromatic nitrogens is 2. The van der Waals surface area contributed by atoms with Crippen LogP contribution in [-0.2, 0) is 11.3 Å². The van der Waals surface area contributed by atoms with Crippen molar-refractivity contribution in [1.82, 2.24) is 15.1 Å². The summed E-state index contributed by atoms with van der Waals surface area (Å²) < 4.78 is 5.45. The van der Waals surface area contributed by atoms with Crippen LogP contribution in [0.4, 0.5) is 10.6 Å². The Morgan fingerprint density at radius 2 is 2.16 bits per heavy atom. The van der Waals surface area contributed by atoms with Gasteiger partial charge in [-0.2, -0.15) is 5.10 Å². The first-order valence-electron chi connectivity index (χ1n) is 6.53. The van der Waals surface area contributed by atoms with Gasteiger partial charge in [0.2, 0.25) is 0 Å². The molecule has 0 saturated carbocycles. The van der Waals surface area contributed by atoms with Crippen LogP contribution in [0.3, 0.4) is 0 Å². The van der Waals surface area contributed by atoms with E-state index in [1.54, 1.807) is 4.90 Å². The Kier molecular flexibility index (Phi) is 3.20. The van der Waals surface area contributed by atoms with E-state index in [2.05, 4.69) is 24.0 Å². The summed E-state index contributed by atoms with van der Waals surface area (Å²) in [7, 11) is 0. The highest BCUT2D eigenvalue weighted by molar-refractivity contribution is 5.71. The van der Waals surface area contributed by atoms with Gasteiger partial charge in [0, 0.05) is 5.56 Å². The van der Waals surface area contributed by atoms with Gasteiger partial charge < -0.3 is 10.5 Å². The lowest BCUT2D eigenvalue weighted by Gasteiger charge is -2.30. The average Bonchev–Trinajstić information content (AvgIpc) is 2.76. The van der Waals surface area contributed by atoms with Crippen molar-refractivity contribution in [3.63, 3.8) is 0 Å². The number of carbonyl (C=O) groups is 1. The summed E-state index contributed by atoms with van der Waals surface area (Å²) in [6.45, 7) is 10.2. The molecule has 0 fully saturated rings. The minimum atomic E-state index is -0.501. The number of nitrogen functional groups attached to an aromatic ring is 1. The van der Waals surface area contributed by atoms with Gasteiger partial charge in [-0.3, -0.25) is 10.00 Å². The predicted octanol–water partition coefficient (Wildman–Crippen LogP) is 2.44. The van der Waals surface area contributed by atoms with Gasteiger partial charge in [-0.1, -0.05) is 13.8 Å². The summed E-state index contributed by atoms with van der Waals surface area (Å²) in [5.41, 5.74) is 7.16. The summed E-state index contributed by atoms with van der Waals surface area (Å²) in [5.74, 6) is 0.723. The number of amides is 1. The molecular formula is C13H22N4O2. The molecule has 2 rings (SSSR count). The molecule has 0 spiro atoms. The van der Waals surface area contributed by atoms with Crippen LogP contribution in [0.2, 0.25) is 0 Å². The Hall–Kier alpha value is -1.72. The molecule has 19 heavy (non-hydrogen) atoms. The molecule has 0 saturated heterocycles. The van der Waals surface area contributed by atoms with E-state index in [4.69, 9.17) is 10.5 Å². The lowest BCUT2D eigenvalue weighted by atomic mass is 10.0. The number of fused-ring (bicyclic) bond motifs is 1.